The van der Waals surface area contributed by atoms with E-state index in [1.807, 2.05) is 19.9 Å². The van der Waals surface area contributed by atoms with Gasteiger partial charge < -0.3 is 5.11 Å². The van der Waals surface area contributed by atoms with E-state index in [4.69, 9.17) is 10.4 Å². The average Bonchev–Trinajstić information content (AvgIpc) is 2.69. The van der Waals surface area contributed by atoms with Crippen molar-refractivity contribution in [3.8, 4) is 17.2 Å². The highest BCUT2D eigenvalue weighted by molar-refractivity contribution is 5.66. The molecule has 2 aromatic rings. The molecule has 0 heterocycles. The van der Waals surface area contributed by atoms with Crippen molar-refractivity contribution in [3.63, 3.8) is 0 Å². The van der Waals surface area contributed by atoms with Crippen LogP contribution in [0.2, 0.25) is 0 Å². The minimum Gasteiger partial charge on any atom is -0.481 e. The summed E-state index contributed by atoms with van der Waals surface area (Å²) in [5.41, 5.74) is 2.84. The molecule has 0 radical (unpaired) electrons. The first kappa shape index (κ1) is 22.4. The summed E-state index contributed by atoms with van der Waals surface area (Å²) >= 11 is 0. The molecule has 4 heteroatoms. The molecule has 0 aromatic heterocycles. The molecule has 3 nitrogen and oxygen atoms in total. The monoisotopic (exact) mass is 369 g/mol. The topological polar surface area (TPSA) is 61.1 Å². The Balaban J connectivity index is 0.00000176. The molecule has 0 fully saturated rings. The summed E-state index contributed by atoms with van der Waals surface area (Å²) in [7, 11) is 0. The van der Waals surface area contributed by atoms with Gasteiger partial charge in [0.05, 0.1) is 11.6 Å². The van der Waals surface area contributed by atoms with E-state index < -0.39 is 5.97 Å². The van der Waals surface area contributed by atoms with E-state index in [-0.39, 0.29) is 12.2 Å². The molecule has 0 aliphatic carbocycles. The first-order chi connectivity index (χ1) is 13.1. The zero-order valence-corrected chi connectivity index (χ0v) is 16.2. The fraction of sp³-hybridized carbons (Fsp3) is 0.391. The number of carboxylic acids is 1. The lowest BCUT2D eigenvalue weighted by Crippen LogP contribution is -1.94. The Bertz CT molecular complexity index is 748. The van der Waals surface area contributed by atoms with Crippen molar-refractivity contribution in [1.29, 1.82) is 5.26 Å². The van der Waals surface area contributed by atoms with Gasteiger partial charge in [-0.1, -0.05) is 57.4 Å². The second-order valence-electron chi connectivity index (χ2n) is 6.16. The maximum absolute atomic E-state index is 14.3. The van der Waals surface area contributed by atoms with E-state index >= 15 is 0 Å². The number of benzene rings is 2. The molecule has 2 aromatic carbocycles. The Morgan fingerprint density at radius 3 is 2.22 bits per heavy atom. The first-order valence-electron chi connectivity index (χ1n) is 9.61. The molecule has 0 saturated carbocycles. The minimum atomic E-state index is -0.738. The van der Waals surface area contributed by atoms with Gasteiger partial charge in [-0.25, -0.2) is 4.39 Å². The fourth-order valence-corrected chi connectivity index (χ4v) is 2.81. The number of rotatable bonds is 9. The normalized spacial score (nSPS) is 9.85. The molecule has 27 heavy (non-hydrogen) atoms. The third-order valence-corrected chi connectivity index (χ3v) is 4.21. The van der Waals surface area contributed by atoms with E-state index in [0.29, 0.717) is 11.1 Å². The van der Waals surface area contributed by atoms with Gasteiger partial charge in [0.2, 0.25) is 0 Å². The molecule has 0 atom stereocenters. The number of halogens is 1. The van der Waals surface area contributed by atoms with Crippen LogP contribution in [-0.4, -0.2) is 11.1 Å². The van der Waals surface area contributed by atoms with Crippen LogP contribution < -0.4 is 0 Å². The van der Waals surface area contributed by atoms with Crippen LogP contribution in [0.15, 0.2) is 42.5 Å². The van der Waals surface area contributed by atoms with Gasteiger partial charge in [0, 0.05) is 12.0 Å². The molecule has 0 saturated heterocycles. The van der Waals surface area contributed by atoms with Crippen molar-refractivity contribution in [1.82, 2.24) is 0 Å². The molecule has 0 amide bonds. The lowest BCUT2D eigenvalue weighted by Gasteiger charge is -2.07. The van der Waals surface area contributed by atoms with E-state index in [1.165, 1.54) is 0 Å². The van der Waals surface area contributed by atoms with Crippen molar-refractivity contribution in [2.24, 2.45) is 0 Å². The Hall–Kier alpha value is -2.67. The van der Waals surface area contributed by atoms with Crippen LogP contribution in [0.1, 0.15) is 63.5 Å². The fourth-order valence-electron chi connectivity index (χ4n) is 2.81. The highest BCUT2D eigenvalue weighted by atomic mass is 19.1. The van der Waals surface area contributed by atoms with Crippen molar-refractivity contribution in [2.75, 3.05) is 0 Å². The van der Waals surface area contributed by atoms with Crippen LogP contribution in [0.5, 0.6) is 0 Å². The molecule has 0 aliphatic rings. The first-order valence-corrected chi connectivity index (χ1v) is 9.61. The Kier molecular flexibility index (Phi) is 10.5. The average molecular weight is 369 g/mol. The maximum atomic E-state index is 14.3. The van der Waals surface area contributed by atoms with Crippen LogP contribution in [-0.2, 0) is 11.2 Å². The van der Waals surface area contributed by atoms with Gasteiger partial charge in [-0.15, -0.1) is 0 Å². The smallest absolute Gasteiger partial charge is 0.303 e. The number of aryl methyl sites for hydroxylation is 1. The lowest BCUT2D eigenvalue weighted by molar-refractivity contribution is -0.137. The van der Waals surface area contributed by atoms with E-state index in [1.54, 1.807) is 36.4 Å². The van der Waals surface area contributed by atoms with E-state index in [2.05, 4.69) is 6.07 Å². The Morgan fingerprint density at radius 2 is 1.63 bits per heavy atom. The Labute approximate surface area is 161 Å². The number of nitriles is 1. The maximum Gasteiger partial charge on any atom is 0.303 e. The third-order valence-electron chi connectivity index (χ3n) is 4.21. The molecule has 0 bridgehead atoms. The standard InChI is InChI=1S/C21H22FNO2.C2H6/c22-20-14-16(6-4-2-1-3-5-7-21(24)25)10-13-19(20)18-11-8-17(15-23)9-12-18;1-2/h8-14H,1-7H2,(H,24,25);1-2H3. The minimum absolute atomic E-state index is 0.238. The molecular formula is C23H28FNO2. The second-order valence-corrected chi connectivity index (χ2v) is 6.16. The van der Waals surface area contributed by atoms with Gasteiger partial charge in [-0.2, -0.15) is 5.26 Å². The lowest BCUT2D eigenvalue weighted by atomic mass is 9.99. The molecule has 2 rings (SSSR count). The van der Waals surface area contributed by atoms with Crippen molar-refractivity contribution < 1.29 is 14.3 Å². The van der Waals surface area contributed by atoms with Gasteiger partial charge >= 0.3 is 5.97 Å². The van der Waals surface area contributed by atoms with Gasteiger partial charge in [-0.05, 0) is 48.6 Å². The van der Waals surface area contributed by atoms with E-state index in [0.717, 1.165) is 49.7 Å². The SMILES string of the molecule is CC.N#Cc1ccc(-c2ccc(CCCCCCCC(=O)O)cc2F)cc1. The third kappa shape index (κ3) is 8.04. The number of hydrogen-bond donors (Lipinski definition) is 1. The number of carboxylic acid groups (broad SMARTS) is 1. The summed E-state index contributed by atoms with van der Waals surface area (Å²) in [6.45, 7) is 4.00. The quantitative estimate of drug-likeness (QED) is 0.523. The van der Waals surface area contributed by atoms with Crippen molar-refractivity contribution in [3.05, 3.63) is 59.4 Å². The predicted octanol–water partition coefficient (Wildman–Crippen LogP) is 6.36. The number of unbranched alkanes of at least 4 members (excludes halogenated alkanes) is 4. The van der Waals surface area contributed by atoms with Gasteiger partial charge in [0.15, 0.2) is 0 Å². The number of nitrogens with zero attached hydrogens (tertiary/aromatic N) is 1. The molecular weight excluding hydrogens is 341 g/mol. The zero-order chi connectivity index (χ0) is 20.1. The van der Waals surface area contributed by atoms with Gasteiger partial charge in [-0.3, -0.25) is 4.79 Å². The summed E-state index contributed by atoms with van der Waals surface area (Å²) in [6, 6.07) is 14.3. The zero-order valence-electron chi connectivity index (χ0n) is 16.2. The molecule has 1 N–H and O–H groups in total. The summed E-state index contributed by atoms with van der Waals surface area (Å²) in [6.07, 6.45) is 5.73. The summed E-state index contributed by atoms with van der Waals surface area (Å²) in [5.74, 6) is -0.985. The molecule has 0 unspecified atom stereocenters. The second kappa shape index (κ2) is 12.6. The van der Waals surface area contributed by atoms with E-state index in [9.17, 15) is 9.18 Å². The highest BCUT2D eigenvalue weighted by Gasteiger charge is 2.06. The molecule has 0 spiro atoms. The van der Waals surface area contributed by atoms with Crippen LogP contribution >= 0.6 is 0 Å². The molecule has 0 aliphatic heterocycles. The van der Waals surface area contributed by atoms with Crippen LogP contribution in [0.4, 0.5) is 4.39 Å². The van der Waals surface area contributed by atoms with Gasteiger partial charge in [0.25, 0.3) is 0 Å². The summed E-state index contributed by atoms with van der Waals surface area (Å²) < 4.78 is 14.3. The number of hydrogen-bond acceptors (Lipinski definition) is 2. The number of aliphatic carboxylic acids is 1. The van der Waals surface area contributed by atoms with Crippen molar-refractivity contribution in [2.45, 2.75) is 58.8 Å². The van der Waals surface area contributed by atoms with Crippen molar-refractivity contribution >= 4 is 5.97 Å². The van der Waals surface area contributed by atoms with Crippen LogP contribution in [0, 0.1) is 17.1 Å². The van der Waals surface area contributed by atoms with Crippen LogP contribution in [0.25, 0.3) is 11.1 Å². The van der Waals surface area contributed by atoms with Crippen LogP contribution in [0.3, 0.4) is 0 Å². The summed E-state index contributed by atoms with van der Waals surface area (Å²) in [5, 5.41) is 17.4. The number of carbonyl (C=O) groups is 1. The highest BCUT2D eigenvalue weighted by Crippen LogP contribution is 2.24. The largest absolute Gasteiger partial charge is 0.481 e. The summed E-state index contributed by atoms with van der Waals surface area (Å²) in [4.78, 5) is 10.4. The van der Waals surface area contributed by atoms with Gasteiger partial charge in [0.1, 0.15) is 5.82 Å². The predicted molar refractivity (Wildman–Crippen MR) is 107 cm³/mol. The molecule has 144 valence electrons. The Morgan fingerprint density at radius 1 is 1.00 bits per heavy atom.